The number of hydrogen-bond donors (Lipinski definition) is 0. The monoisotopic (exact) mass is 350 g/mol. The Kier molecular flexibility index (Phi) is 3.56. The largest absolute Gasteiger partial charge is 0.449 e. The van der Waals surface area contributed by atoms with Gasteiger partial charge in [-0.25, -0.2) is 0 Å². The predicted octanol–water partition coefficient (Wildman–Crippen LogP) is 3.52. The molecule has 1 aromatic heterocycles. The molecule has 0 fully saturated rings. The fraction of sp³-hybridized carbons (Fsp3) is 0.105. The van der Waals surface area contributed by atoms with Crippen LogP contribution in [0.3, 0.4) is 0 Å². The van der Waals surface area contributed by atoms with Gasteiger partial charge in [-0.15, -0.1) is 0 Å². The van der Waals surface area contributed by atoms with Gasteiger partial charge in [0.1, 0.15) is 0 Å². The van der Waals surface area contributed by atoms with Crippen molar-refractivity contribution in [3.8, 4) is 6.07 Å². The van der Waals surface area contributed by atoms with Crippen LogP contribution in [0.4, 0.5) is 5.69 Å². The van der Waals surface area contributed by atoms with Gasteiger partial charge in [0.2, 0.25) is 0 Å². The molecule has 0 saturated carbocycles. The number of carbonyl (C=O) groups is 1. The number of para-hydroxylation sites is 1. The highest BCUT2D eigenvalue weighted by molar-refractivity contribution is 6.34. The Labute approximate surface area is 147 Å². The molecule has 0 bridgehead atoms. The lowest BCUT2D eigenvalue weighted by atomic mass is 10.0. The third-order valence-corrected chi connectivity index (χ3v) is 4.59. The van der Waals surface area contributed by atoms with Crippen molar-refractivity contribution in [2.45, 2.75) is 6.42 Å². The standard InChI is InChI=1S/C19H11ClN2O3/c20-15-3-1-2-13-16(23)14-8-9-22(19(24)18(14)25-17(13)15)12-6-4-11(10-21)5-7-12/h1-7H,8-9H2. The van der Waals surface area contributed by atoms with E-state index in [1.165, 1.54) is 4.90 Å². The molecule has 25 heavy (non-hydrogen) atoms. The number of halogens is 1. The van der Waals surface area contributed by atoms with E-state index in [0.717, 1.165) is 0 Å². The van der Waals surface area contributed by atoms with E-state index < -0.39 is 0 Å². The normalized spacial score (nSPS) is 13.6. The molecule has 1 aliphatic rings. The summed E-state index contributed by atoms with van der Waals surface area (Å²) in [5.41, 5.74) is 1.55. The van der Waals surface area contributed by atoms with Crippen molar-refractivity contribution in [3.63, 3.8) is 0 Å². The van der Waals surface area contributed by atoms with Crippen molar-refractivity contribution in [2.24, 2.45) is 0 Å². The predicted molar refractivity (Wildman–Crippen MR) is 94.0 cm³/mol. The van der Waals surface area contributed by atoms with Gasteiger partial charge >= 0.3 is 0 Å². The van der Waals surface area contributed by atoms with E-state index in [-0.39, 0.29) is 22.7 Å². The van der Waals surface area contributed by atoms with E-state index in [4.69, 9.17) is 21.3 Å². The molecule has 1 aliphatic heterocycles. The zero-order valence-corrected chi connectivity index (χ0v) is 13.7. The van der Waals surface area contributed by atoms with E-state index in [1.807, 2.05) is 6.07 Å². The van der Waals surface area contributed by atoms with Crippen LogP contribution in [-0.2, 0) is 6.42 Å². The lowest BCUT2D eigenvalue weighted by molar-refractivity contribution is 0.0952. The summed E-state index contributed by atoms with van der Waals surface area (Å²) >= 11 is 6.12. The van der Waals surface area contributed by atoms with Crippen LogP contribution in [-0.4, -0.2) is 12.5 Å². The van der Waals surface area contributed by atoms with E-state index >= 15 is 0 Å². The SMILES string of the molecule is N#Cc1ccc(N2CCc3c(oc4c(Cl)cccc4c3=O)C2=O)cc1. The number of fused-ring (bicyclic) bond motifs is 2. The molecule has 0 atom stereocenters. The van der Waals surface area contributed by atoms with Crippen molar-refractivity contribution in [1.29, 1.82) is 5.26 Å². The third-order valence-electron chi connectivity index (χ3n) is 4.30. The molecule has 122 valence electrons. The van der Waals surface area contributed by atoms with Crippen molar-refractivity contribution in [1.82, 2.24) is 0 Å². The number of hydrogen-bond acceptors (Lipinski definition) is 4. The van der Waals surface area contributed by atoms with Gasteiger partial charge in [0.25, 0.3) is 5.91 Å². The molecule has 6 heteroatoms. The number of benzene rings is 2. The van der Waals surface area contributed by atoms with Crippen molar-refractivity contribution >= 4 is 34.2 Å². The van der Waals surface area contributed by atoms with Gasteiger partial charge in [-0.3, -0.25) is 9.59 Å². The van der Waals surface area contributed by atoms with Gasteiger partial charge in [0.05, 0.1) is 27.6 Å². The van der Waals surface area contributed by atoms with Gasteiger partial charge in [-0.05, 0) is 42.8 Å². The second-order valence-corrected chi connectivity index (χ2v) is 6.13. The Bertz CT molecular complexity index is 1110. The summed E-state index contributed by atoms with van der Waals surface area (Å²) < 4.78 is 5.73. The number of nitriles is 1. The molecule has 4 rings (SSSR count). The maximum absolute atomic E-state index is 12.9. The van der Waals surface area contributed by atoms with Gasteiger partial charge in [-0.2, -0.15) is 5.26 Å². The van der Waals surface area contributed by atoms with Crippen LogP contribution in [0.25, 0.3) is 11.0 Å². The fourth-order valence-corrected chi connectivity index (χ4v) is 3.24. The molecule has 0 radical (unpaired) electrons. The highest BCUT2D eigenvalue weighted by Crippen LogP contribution is 2.28. The first kappa shape index (κ1) is 15.4. The minimum Gasteiger partial charge on any atom is -0.449 e. The Hall–Kier alpha value is -3.10. The van der Waals surface area contributed by atoms with Crippen molar-refractivity contribution in [2.75, 3.05) is 11.4 Å². The molecule has 1 amide bonds. The van der Waals surface area contributed by atoms with Crippen LogP contribution in [0.5, 0.6) is 0 Å². The average molecular weight is 351 g/mol. The summed E-state index contributed by atoms with van der Waals surface area (Å²) in [7, 11) is 0. The molecule has 2 aromatic carbocycles. The lowest BCUT2D eigenvalue weighted by Gasteiger charge is -2.27. The van der Waals surface area contributed by atoms with E-state index in [1.54, 1.807) is 42.5 Å². The van der Waals surface area contributed by atoms with Crippen LogP contribution >= 0.6 is 11.6 Å². The first-order valence-corrected chi connectivity index (χ1v) is 8.04. The van der Waals surface area contributed by atoms with E-state index in [2.05, 4.69) is 0 Å². The number of amides is 1. The van der Waals surface area contributed by atoms with E-state index in [9.17, 15) is 9.59 Å². The average Bonchev–Trinajstić information content (AvgIpc) is 2.64. The summed E-state index contributed by atoms with van der Waals surface area (Å²) in [6, 6.07) is 13.7. The van der Waals surface area contributed by atoms with Crippen LogP contribution in [0.15, 0.2) is 51.7 Å². The zero-order valence-electron chi connectivity index (χ0n) is 13.0. The Morgan fingerprint density at radius 2 is 1.88 bits per heavy atom. The molecule has 0 aliphatic carbocycles. The fourth-order valence-electron chi connectivity index (χ4n) is 3.03. The van der Waals surface area contributed by atoms with Crippen LogP contribution in [0.2, 0.25) is 5.02 Å². The van der Waals surface area contributed by atoms with Gasteiger partial charge in [0, 0.05) is 12.2 Å². The lowest BCUT2D eigenvalue weighted by Crippen LogP contribution is -2.40. The summed E-state index contributed by atoms with van der Waals surface area (Å²) in [5, 5.41) is 9.56. The Morgan fingerprint density at radius 3 is 2.60 bits per heavy atom. The van der Waals surface area contributed by atoms with Gasteiger partial charge < -0.3 is 9.32 Å². The third kappa shape index (κ3) is 2.39. The maximum Gasteiger partial charge on any atom is 0.294 e. The molecule has 0 saturated heterocycles. The topological polar surface area (TPSA) is 74.3 Å². The van der Waals surface area contributed by atoms with Crippen LogP contribution < -0.4 is 10.3 Å². The number of nitrogens with zero attached hydrogens (tertiary/aromatic N) is 2. The highest BCUT2D eigenvalue weighted by atomic mass is 35.5. The summed E-state index contributed by atoms with van der Waals surface area (Å²) in [4.78, 5) is 27.1. The van der Waals surface area contributed by atoms with Crippen molar-refractivity contribution < 1.29 is 9.21 Å². The van der Waals surface area contributed by atoms with Gasteiger partial charge in [0.15, 0.2) is 16.8 Å². The second kappa shape index (κ2) is 5.76. The molecule has 3 aromatic rings. The van der Waals surface area contributed by atoms with Crippen LogP contribution in [0, 0.1) is 11.3 Å². The molecular formula is C19H11ClN2O3. The highest BCUT2D eigenvalue weighted by Gasteiger charge is 2.31. The molecule has 2 heterocycles. The minimum atomic E-state index is -0.384. The number of anilines is 1. The molecule has 0 spiro atoms. The molecule has 5 nitrogen and oxygen atoms in total. The minimum absolute atomic E-state index is 0.0289. The summed E-state index contributed by atoms with van der Waals surface area (Å²) in [5.74, 6) is -0.355. The van der Waals surface area contributed by atoms with Crippen LogP contribution in [0.1, 0.15) is 21.7 Å². The number of carbonyl (C=O) groups excluding carboxylic acids is 1. The molecule has 0 unspecified atom stereocenters. The maximum atomic E-state index is 12.9. The quantitative estimate of drug-likeness (QED) is 0.673. The molecule has 0 N–H and O–H groups in total. The van der Waals surface area contributed by atoms with Gasteiger partial charge in [-0.1, -0.05) is 17.7 Å². The Balaban J connectivity index is 1.85. The first-order chi connectivity index (χ1) is 12.1. The number of rotatable bonds is 1. The first-order valence-electron chi connectivity index (χ1n) is 7.66. The van der Waals surface area contributed by atoms with Crippen molar-refractivity contribution in [3.05, 3.63) is 74.6 Å². The van der Waals surface area contributed by atoms with E-state index in [0.29, 0.717) is 40.2 Å². The smallest absolute Gasteiger partial charge is 0.294 e. The Morgan fingerprint density at radius 1 is 1.12 bits per heavy atom. The summed E-state index contributed by atoms with van der Waals surface area (Å²) in [6.45, 7) is 0.370. The summed E-state index contributed by atoms with van der Waals surface area (Å²) in [6.07, 6.45) is 0.395. The molecular weight excluding hydrogens is 340 g/mol. The second-order valence-electron chi connectivity index (χ2n) is 5.72. The zero-order chi connectivity index (χ0) is 17.6.